The van der Waals surface area contributed by atoms with Gasteiger partial charge in [0.15, 0.2) is 11.9 Å². The number of carboxylic acids is 1. The van der Waals surface area contributed by atoms with E-state index in [9.17, 15) is 33.0 Å². The number of amides is 2. The third-order valence-corrected chi connectivity index (χ3v) is 7.91. The van der Waals surface area contributed by atoms with E-state index in [4.69, 9.17) is 4.74 Å². The minimum Gasteiger partial charge on any atom is -0.479 e. The maximum absolute atomic E-state index is 13.1. The van der Waals surface area contributed by atoms with Crippen LogP contribution in [0.15, 0.2) is 77.8 Å². The van der Waals surface area contributed by atoms with Gasteiger partial charge in [-0.2, -0.15) is 4.98 Å². The molecular formula is C30H31N5O8S. The van der Waals surface area contributed by atoms with Crippen molar-refractivity contribution in [3.8, 4) is 17.1 Å². The number of sulfonamides is 1. The Balaban J connectivity index is 1.55. The van der Waals surface area contributed by atoms with Crippen LogP contribution in [-0.4, -0.2) is 70.1 Å². The molecule has 0 aliphatic heterocycles. The number of hydrogen-bond acceptors (Lipinski definition) is 9. The van der Waals surface area contributed by atoms with Gasteiger partial charge in [-0.15, -0.1) is 0 Å². The number of aromatic nitrogens is 3. The molecule has 0 radical (unpaired) electrons. The third kappa shape index (κ3) is 7.85. The maximum Gasteiger partial charge on any atom is 0.334 e. The van der Waals surface area contributed by atoms with Crippen LogP contribution in [0.25, 0.3) is 11.3 Å². The Bertz CT molecular complexity index is 1740. The number of aromatic amines is 1. The van der Waals surface area contributed by atoms with E-state index in [1.807, 2.05) is 4.72 Å². The number of aliphatic hydroxyl groups excluding tert-OH is 1. The van der Waals surface area contributed by atoms with Gasteiger partial charge < -0.3 is 25.3 Å². The van der Waals surface area contributed by atoms with Crippen LogP contribution in [0.2, 0.25) is 0 Å². The molecule has 0 bridgehead atoms. The van der Waals surface area contributed by atoms with Crippen LogP contribution in [-0.2, 0) is 32.5 Å². The second-order valence-corrected chi connectivity index (χ2v) is 11.4. The molecule has 0 saturated heterocycles. The molecule has 2 heterocycles. The number of H-pyrrole nitrogens is 1. The first-order valence-electron chi connectivity index (χ1n) is 13.5. The smallest absolute Gasteiger partial charge is 0.334 e. The van der Waals surface area contributed by atoms with E-state index in [2.05, 4.69) is 20.3 Å². The quantitative estimate of drug-likeness (QED) is 0.147. The number of benzene rings is 2. The van der Waals surface area contributed by atoms with Crippen molar-refractivity contribution in [2.75, 3.05) is 6.61 Å². The van der Waals surface area contributed by atoms with Crippen LogP contribution >= 0.6 is 0 Å². The SMILES string of the molecule is CCOc1nc(C(=O)NC(Cc2ccccc2)C(O)C(=O)O)[nH]c1Cc1ccc(-c2ccccc2S(=O)(=O)NC(C)=O)nc1. The van der Waals surface area contributed by atoms with Crippen LogP contribution in [0.4, 0.5) is 0 Å². The highest BCUT2D eigenvalue weighted by Gasteiger charge is 2.29. The zero-order valence-corrected chi connectivity index (χ0v) is 24.7. The molecule has 13 nitrogen and oxygen atoms in total. The first kappa shape index (κ1) is 31.8. The number of carbonyl (C=O) groups excluding carboxylic acids is 2. The summed E-state index contributed by atoms with van der Waals surface area (Å²) in [6.07, 6.45) is -0.0472. The number of nitrogens with zero attached hydrogens (tertiary/aromatic N) is 2. The summed E-state index contributed by atoms with van der Waals surface area (Å²) in [7, 11) is -4.11. The summed E-state index contributed by atoms with van der Waals surface area (Å²) in [6.45, 7) is 3.11. The Morgan fingerprint density at radius 1 is 1.00 bits per heavy atom. The van der Waals surface area contributed by atoms with Gasteiger partial charge in [-0.05, 0) is 36.6 Å². The number of pyridine rings is 1. The van der Waals surface area contributed by atoms with E-state index < -0.39 is 40.0 Å². The van der Waals surface area contributed by atoms with Crippen LogP contribution in [0, 0.1) is 0 Å². The predicted octanol–water partition coefficient (Wildman–Crippen LogP) is 2.07. The average molecular weight is 622 g/mol. The van der Waals surface area contributed by atoms with Crippen molar-refractivity contribution in [3.63, 3.8) is 0 Å². The van der Waals surface area contributed by atoms with Crippen molar-refractivity contribution in [2.45, 2.75) is 43.7 Å². The molecule has 2 unspecified atom stereocenters. The van der Waals surface area contributed by atoms with Crippen molar-refractivity contribution >= 4 is 27.8 Å². The fourth-order valence-corrected chi connectivity index (χ4v) is 5.65. The van der Waals surface area contributed by atoms with Crippen molar-refractivity contribution < 1.29 is 37.8 Å². The van der Waals surface area contributed by atoms with E-state index in [1.54, 1.807) is 67.6 Å². The largest absolute Gasteiger partial charge is 0.479 e. The molecule has 5 N–H and O–H groups in total. The summed E-state index contributed by atoms with van der Waals surface area (Å²) in [5.74, 6) is -2.91. The van der Waals surface area contributed by atoms with Gasteiger partial charge in [-0.25, -0.2) is 17.9 Å². The molecule has 14 heteroatoms. The Hall–Kier alpha value is -5.08. The number of carbonyl (C=O) groups is 3. The molecule has 230 valence electrons. The van der Waals surface area contributed by atoms with Gasteiger partial charge in [0.2, 0.25) is 11.8 Å². The number of nitrogens with one attached hydrogen (secondary N) is 3. The molecule has 0 aliphatic rings. The van der Waals surface area contributed by atoms with Crippen molar-refractivity contribution in [1.82, 2.24) is 25.0 Å². The van der Waals surface area contributed by atoms with E-state index in [1.165, 1.54) is 12.3 Å². The molecule has 2 atom stereocenters. The molecule has 2 aromatic carbocycles. The van der Waals surface area contributed by atoms with Gasteiger partial charge in [-0.1, -0.05) is 54.6 Å². The monoisotopic (exact) mass is 621 g/mol. The minimum atomic E-state index is -4.11. The van der Waals surface area contributed by atoms with Crippen LogP contribution < -0.4 is 14.8 Å². The van der Waals surface area contributed by atoms with Crippen molar-refractivity contribution in [3.05, 3.63) is 95.6 Å². The van der Waals surface area contributed by atoms with Crippen LogP contribution in [0.5, 0.6) is 5.88 Å². The maximum atomic E-state index is 13.1. The first-order chi connectivity index (χ1) is 21.0. The summed E-state index contributed by atoms with van der Waals surface area (Å²) >= 11 is 0. The number of carboxylic acid groups (broad SMARTS) is 1. The number of hydrogen-bond donors (Lipinski definition) is 5. The molecular weight excluding hydrogens is 590 g/mol. The lowest BCUT2D eigenvalue weighted by Gasteiger charge is -2.21. The van der Waals surface area contributed by atoms with Gasteiger partial charge in [0.05, 0.1) is 28.9 Å². The highest BCUT2D eigenvalue weighted by Crippen LogP contribution is 2.27. The zero-order chi connectivity index (χ0) is 31.9. The Morgan fingerprint density at radius 3 is 2.34 bits per heavy atom. The first-order valence-corrected chi connectivity index (χ1v) is 15.0. The standard InChI is InChI=1S/C30H31N5O8S/c1-3-43-29-24(32-27(34-29)28(38)33-23(26(37)30(39)40)15-19-9-5-4-6-10-19)16-20-13-14-22(31-17-20)21-11-7-8-12-25(21)44(41,42)35-18(2)36/h4-14,17,23,26,37H,3,15-16H2,1-2H3,(H,32,34)(H,33,38)(H,35,36)(H,39,40). The van der Waals surface area contributed by atoms with E-state index >= 15 is 0 Å². The summed E-state index contributed by atoms with van der Waals surface area (Å²) in [5.41, 5.74) is 2.50. The van der Waals surface area contributed by atoms with Crippen LogP contribution in [0.3, 0.4) is 0 Å². The lowest BCUT2D eigenvalue weighted by molar-refractivity contribution is -0.148. The fraction of sp³-hybridized carbons (Fsp3) is 0.233. The number of imidazole rings is 1. The molecule has 44 heavy (non-hydrogen) atoms. The Morgan fingerprint density at radius 2 is 1.70 bits per heavy atom. The van der Waals surface area contributed by atoms with E-state index in [-0.39, 0.29) is 36.0 Å². The summed E-state index contributed by atoms with van der Waals surface area (Å²) in [4.78, 5) is 47.5. The van der Waals surface area contributed by atoms with Crippen molar-refractivity contribution in [2.24, 2.45) is 0 Å². The predicted molar refractivity (Wildman–Crippen MR) is 158 cm³/mol. The molecule has 0 fully saturated rings. The number of aliphatic hydroxyl groups is 1. The number of aliphatic carboxylic acids is 1. The van der Waals surface area contributed by atoms with Gasteiger partial charge in [0.25, 0.3) is 15.9 Å². The van der Waals surface area contributed by atoms with Gasteiger partial charge >= 0.3 is 5.97 Å². The normalized spacial score (nSPS) is 12.6. The lowest BCUT2D eigenvalue weighted by atomic mass is 10.0. The highest BCUT2D eigenvalue weighted by atomic mass is 32.2. The lowest BCUT2D eigenvalue weighted by Crippen LogP contribution is -2.48. The fourth-order valence-electron chi connectivity index (χ4n) is 4.44. The zero-order valence-electron chi connectivity index (χ0n) is 23.9. The van der Waals surface area contributed by atoms with Crippen molar-refractivity contribution in [1.29, 1.82) is 0 Å². The number of ether oxygens (including phenoxy) is 1. The molecule has 2 amide bonds. The van der Waals surface area contributed by atoms with Gasteiger partial charge in [0, 0.05) is 25.1 Å². The second-order valence-electron chi connectivity index (χ2n) is 9.74. The highest BCUT2D eigenvalue weighted by molar-refractivity contribution is 7.90. The van der Waals surface area contributed by atoms with Gasteiger partial charge in [-0.3, -0.25) is 14.6 Å². The second kappa shape index (κ2) is 13.9. The van der Waals surface area contributed by atoms with Gasteiger partial charge in [0.1, 0.15) is 0 Å². The van der Waals surface area contributed by atoms with E-state index in [0.29, 0.717) is 22.5 Å². The average Bonchev–Trinajstić information content (AvgIpc) is 3.39. The molecule has 0 spiro atoms. The third-order valence-electron chi connectivity index (χ3n) is 6.42. The molecule has 0 aliphatic carbocycles. The summed E-state index contributed by atoms with van der Waals surface area (Å²) in [5, 5.41) is 22.2. The molecule has 4 aromatic rings. The number of rotatable bonds is 13. The summed E-state index contributed by atoms with van der Waals surface area (Å²) < 4.78 is 32.9. The Labute approximate surface area is 253 Å². The van der Waals surface area contributed by atoms with Crippen LogP contribution in [0.1, 0.15) is 41.3 Å². The molecule has 0 saturated carbocycles. The topological polar surface area (TPSA) is 201 Å². The summed E-state index contributed by atoms with van der Waals surface area (Å²) in [6, 6.07) is 17.2. The minimum absolute atomic E-state index is 0.0686. The Kier molecular flexibility index (Phi) is 10.1. The molecule has 2 aromatic heterocycles. The molecule has 4 rings (SSSR count). The van der Waals surface area contributed by atoms with E-state index in [0.717, 1.165) is 12.5 Å².